The molecular formula is C14H9FN2O4. The molecule has 0 spiro atoms. The lowest BCUT2D eigenvalue weighted by Gasteiger charge is -2.14. The van der Waals surface area contributed by atoms with Gasteiger partial charge in [0.2, 0.25) is 12.0 Å². The molecule has 0 bridgehead atoms. The van der Waals surface area contributed by atoms with Crippen LogP contribution in [0, 0.1) is 15.9 Å². The summed E-state index contributed by atoms with van der Waals surface area (Å²) >= 11 is 0. The van der Waals surface area contributed by atoms with E-state index >= 15 is 0 Å². The number of nitro groups is 1. The molecule has 1 heterocycles. The van der Waals surface area contributed by atoms with Crippen LogP contribution in [0.2, 0.25) is 0 Å². The Morgan fingerprint density at radius 3 is 2.76 bits per heavy atom. The zero-order valence-corrected chi connectivity index (χ0v) is 10.6. The number of fused-ring (bicyclic) bond motifs is 1. The fourth-order valence-corrected chi connectivity index (χ4v) is 2.15. The first-order chi connectivity index (χ1) is 10.1. The zero-order valence-electron chi connectivity index (χ0n) is 10.6. The highest BCUT2D eigenvalue weighted by atomic mass is 19.1. The van der Waals surface area contributed by atoms with Crippen LogP contribution >= 0.6 is 0 Å². The SMILES string of the molecule is O=C1O[C@H](Nc2ccc(F)c([N+](=O)[O-])c2)c2ccccc21. The summed E-state index contributed by atoms with van der Waals surface area (Å²) in [5.74, 6) is -1.39. The van der Waals surface area contributed by atoms with E-state index in [-0.39, 0.29) is 5.69 Å². The second-order valence-electron chi connectivity index (χ2n) is 4.44. The summed E-state index contributed by atoms with van der Waals surface area (Å²) in [6.07, 6.45) is -0.751. The van der Waals surface area contributed by atoms with E-state index in [4.69, 9.17) is 4.74 Å². The summed E-state index contributed by atoms with van der Waals surface area (Å²) in [6, 6.07) is 10.2. The van der Waals surface area contributed by atoms with Crippen molar-refractivity contribution in [1.29, 1.82) is 0 Å². The van der Waals surface area contributed by atoms with Crippen LogP contribution in [-0.2, 0) is 4.74 Å². The molecule has 21 heavy (non-hydrogen) atoms. The maximum atomic E-state index is 13.3. The predicted molar refractivity (Wildman–Crippen MR) is 71.3 cm³/mol. The van der Waals surface area contributed by atoms with Gasteiger partial charge in [0.05, 0.1) is 10.5 Å². The second-order valence-corrected chi connectivity index (χ2v) is 4.44. The Morgan fingerprint density at radius 1 is 1.24 bits per heavy atom. The molecule has 0 aromatic heterocycles. The largest absolute Gasteiger partial charge is 0.434 e. The summed E-state index contributed by atoms with van der Waals surface area (Å²) in [5.41, 5.74) is 0.719. The third-order valence-electron chi connectivity index (χ3n) is 3.13. The van der Waals surface area contributed by atoms with E-state index in [1.54, 1.807) is 24.3 Å². The van der Waals surface area contributed by atoms with Crippen molar-refractivity contribution in [2.75, 3.05) is 5.32 Å². The number of nitrogens with one attached hydrogen (secondary N) is 1. The normalized spacial score (nSPS) is 16.2. The van der Waals surface area contributed by atoms with Gasteiger partial charge >= 0.3 is 11.7 Å². The Balaban J connectivity index is 1.90. The molecule has 3 rings (SSSR count). The minimum atomic E-state index is -0.922. The number of nitrogens with zero attached hydrogens (tertiary/aromatic N) is 1. The van der Waals surface area contributed by atoms with E-state index in [0.717, 1.165) is 12.1 Å². The first-order valence-electron chi connectivity index (χ1n) is 6.06. The van der Waals surface area contributed by atoms with Crippen molar-refractivity contribution in [1.82, 2.24) is 0 Å². The number of rotatable bonds is 3. The molecule has 0 radical (unpaired) electrons. The number of nitro benzene ring substituents is 1. The topological polar surface area (TPSA) is 81.5 Å². The van der Waals surface area contributed by atoms with Crippen molar-refractivity contribution in [3.63, 3.8) is 0 Å². The number of ether oxygens (including phenoxy) is 1. The number of carbonyl (C=O) groups is 1. The average molecular weight is 288 g/mol. The first kappa shape index (κ1) is 13.0. The molecule has 0 saturated heterocycles. The average Bonchev–Trinajstić information content (AvgIpc) is 2.78. The van der Waals surface area contributed by atoms with Gasteiger partial charge in [0.25, 0.3) is 0 Å². The summed E-state index contributed by atoms with van der Waals surface area (Å²) in [4.78, 5) is 21.6. The number of esters is 1. The van der Waals surface area contributed by atoms with E-state index < -0.39 is 28.6 Å². The van der Waals surface area contributed by atoms with E-state index in [9.17, 15) is 19.3 Å². The Bertz CT molecular complexity index is 748. The molecule has 1 N–H and O–H groups in total. The number of hydrogen-bond acceptors (Lipinski definition) is 5. The van der Waals surface area contributed by atoms with Crippen molar-refractivity contribution in [3.05, 3.63) is 69.5 Å². The summed E-state index contributed by atoms with van der Waals surface area (Å²) in [6.45, 7) is 0. The van der Waals surface area contributed by atoms with E-state index in [0.29, 0.717) is 11.1 Å². The van der Waals surface area contributed by atoms with Gasteiger partial charge in [-0.3, -0.25) is 10.1 Å². The highest BCUT2D eigenvalue weighted by molar-refractivity contribution is 5.94. The van der Waals surface area contributed by atoms with Crippen LogP contribution in [-0.4, -0.2) is 10.9 Å². The zero-order chi connectivity index (χ0) is 15.0. The van der Waals surface area contributed by atoms with Gasteiger partial charge in [-0.25, -0.2) is 4.79 Å². The molecule has 1 aliphatic heterocycles. The van der Waals surface area contributed by atoms with Crippen molar-refractivity contribution in [2.24, 2.45) is 0 Å². The Labute approximate surface area is 118 Å². The number of carbonyl (C=O) groups excluding carboxylic acids is 1. The molecule has 0 saturated carbocycles. The van der Waals surface area contributed by atoms with Crippen LogP contribution in [0.3, 0.4) is 0 Å². The van der Waals surface area contributed by atoms with E-state index in [1.807, 2.05) is 0 Å². The Morgan fingerprint density at radius 2 is 2.00 bits per heavy atom. The molecule has 1 atom stereocenters. The molecule has 6 nitrogen and oxygen atoms in total. The van der Waals surface area contributed by atoms with Gasteiger partial charge in [-0.1, -0.05) is 18.2 Å². The van der Waals surface area contributed by atoms with Gasteiger partial charge in [-0.05, 0) is 18.2 Å². The molecule has 0 aliphatic carbocycles. The van der Waals surface area contributed by atoms with Crippen molar-refractivity contribution in [3.8, 4) is 0 Å². The number of anilines is 1. The molecule has 106 valence electrons. The molecule has 0 unspecified atom stereocenters. The molecule has 0 fully saturated rings. The third kappa shape index (κ3) is 2.29. The van der Waals surface area contributed by atoms with Gasteiger partial charge in [0, 0.05) is 17.3 Å². The minimum absolute atomic E-state index is 0.289. The molecule has 2 aromatic carbocycles. The molecule has 7 heteroatoms. The second kappa shape index (κ2) is 4.86. The fourth-order valence-electron chi connectivity index (χ4n) is 2.15. The molecule has 0 amide bonds. The minimum Gasteiger partial charge on any atom is -0.434 e. The van der Waals surface area contributed by atoms with E-state index in [1.165, 1.54) is 6.07 Å². The number of hydrogen-bond donors (Lipinski definition) is 1. The summed E-state index contributed by atoms with van der Waals surface area (Å²) in [5, 5.41) is 13.5. The van der Waals surface area contributed by atoms with E-state index in [2.05, 4.69) is 5.32 Å². The third-order valence-corrected chi connectivity index (χ3v) is 3.13. The van der Waals surface area contributed by atoms with Crippen LogP contribution in [0.15, 0.2) is 42.5 Å². The van der Waals surface area contributed by atoms with Crippen LogP contribution < -0.4 is 5.32 Å². The van der Waals surface area contributed by atoms with Crippen LogP contribution in [0.5, 0.6) is 0 Å². The maximum absolute atomic E-state index is 13.3. The number of benzene rings is 2. The summed E-state index contributed by atoms with van der Waals surface area (Å²) in [7, 11) is 0. The summed E-state index contributed by atoms with van der Waals surface area (Å²) < 4.78 is 18.4. The van der Waals surface area contributed by atoms with Gasteiger partial charge in [0.1, 0.15) is 0 Å². The standard InChI is InChI=1S/C14H9FN2O4/c15-11-6-5-8(7-12(11)17(19)20)16-13-9-3-1-2-4-10(9)14(18)21-13/h1-7,13,16H/t13-/m0/s1. The van der Waals surface area contributed by atoms with Gasteiger partial charge < -0.3 is 10.1 Å². The maximum Gasteiger partial charge on any atom is 0.340 e. The quantitative estimate of drug-likeness (QED) is 0.533. The monoisotopic (exact) mass is 288 g/mol. The van der Waals surface area contributed by atoms with Crippen LogP contribution in [0.25, 0.3) is 0 Å². The van der Waals surface area contributed by atoms with Crippen LogP contribution in [0.4, 0.5) is 15.8 Å². The smallest absolute Gasteiger partial charge is 0.340 e. The highest BCUT2D eigenvalue weighted by Crippen LogP contribution is 2.32. The number of halogens is 1. The number of cyclic esters (lactones) is 1. The van der Waals surface area contributed by atoms with Crippen molar-refractivity contribution >= 4 is 17.3 Å². The lowest BCUT2D eigenvalue weighted by atomic mass is 10.1. The van der Waals surface area contributed by atoms with Gasteiger partial charge in [0.15, 0.2) is 0 Å². The molecule has 1 aliphatic rings. The predicted octanol–water partition coefficient (Wildman–Crippen LogP) is 3.02. The highest BCUT2D eigenvalue weighted by Gasteiger charge is 2.30. The lowest BCUT2D eigenvalue weighted by molar-refractivity contribution is -0.387. The first-order valence-corrected chi connectivity index (χ1v) is 6.06. The van der Waals surface area contributed by atoms with Gasteiger partial charge in [-0.2, -0.15) is 4.39 Å². The van der Waals surface area contributed by atoms with Crippen molar-refractivity contribution in [2.45, 2.75) is 6.23 Å². The Kier molecular flexibility index (Phi) is 3.02. The molecular weight excluding hydrogens is 279 g/mol. The Hall–Kier alpha value is -2.96. The lowest BCUT2D eigenvalue weighted by Crippen LogP contribution is -2.10. The fraction of sp³-hybridized carbons (Fsp3) is 0.0714. The van der Waals surface area contributed by atoms with Gasteiger partial charge in [-0.15, -0.1) is 0 Å². The van der Waals surface area contributed by atoms with Crippen molar-refractivity contribution < 1.29 is 18.8 Å². The molecule has 2 aromatic rings. The van der Waals surface area contributed by atoms with Crippen LogP contribution in [0.1, 0.15) is 22.1 Å².